The van der Waals surface area contributed by atoms with E-state index >= 15 is 0 Å². The summed E-state index contributed by atoms with van der Waals surface area (Å²) in [5.74, 6) is 0.349. The highest BCUT2D eigenvalue weighted by Crippen LogP contribution is 2.35. The maximum absolute atomic E-state index is 11.7. The lowest BCUT2D eigenvalue weighted by Crippen LogP contribution is -2.42. The van der Waals surface area contributed by atoms with Gasteiger partial charge in [0.05, 0.1) is 15.7 Å². The summed E-state index contributed by atoms with van der Waals surface area (Å²) in [4.78, 5) is 18.5. The van der Waals surface area contributed by atoms with Crippen molar-refractivity contribution in [1.29, 1.82) is 0 Å². The first-order valence-corrected chi connectivity index (χ1v) is 9.45. The van der Waals surface area contributed by atoms with Gasteiger partial charge in [-0.15, -0.1) is 11.3 Å². The van der Waals surface area contributed by atoms with Crippen LogP contribution >= 0.6 is 34.5 Å². The predicted molar refractivity (Wildman–Crippen MR) is 105 cm³/mol. The van der Waals surface area contributed by atoms with E-state index in [-0.39, 0.29) is 0 Å². The number of aromatic nitrogens is 2. The Morgan fingerprint density at radius 1 is 1.35 bits per heavy atom. The Balaban J connectivity index is 1.97. The molecule has 3 aromatic rings. The molecule has 0 bridgehead atoms. The molecule has 2 aromatic heterocycles. The van der Waals surface area contributed by atoms with Crippen molar-refractivity contribution in [1.82, 2.24) is 10.1 Å². The molecule has 0 spiro atoms. The average Bonchev–Trinajstić information content (AvgIpc) is 3.24. The second-order valence-electron chi connectivity index (χ2n) is 5.62. The maximum atomic E-state index is 11.7. The van der Waals surface area contributed by atoms with Gasteiger partial charge in [-0.1, -0.05) is 35.3 Å². The smallest absolute Gasteiger partial charge is 0.269 e. The Labute approximate surface area is 164 Å². The van der Waals surface area contributed by atoms with Crippen molar-refractivity contribution >= 4 is 46.1 Å². The molecule has 0 saturated heterocycles. The topological polar surface area (TPSA) is 85.3 Å². The van der Waals surface area contributed by atoms with Gasteiger partial charge >= 0.3 is 0 Å². The number of amides is 1. The van der Waals surface area contributed by atoms with Crippen LogP contribution in [0.15, 0.2) is 34.2 Å². The van der Waals surface area contributed by atoms with E-state index in [1.54, 1.807) is 36.2 Å². The van der Waals surface area contributed by atoms with Crippen LogP contribution in [-0.4, -0.2) is 29.1 Å². The normalized spacial score (nSPS) is 12.2. The van der Waals surface area contributed by atoms with Crippen LogP contribution in [0.2, 0.25) is 10.0 Å². The van der Waals surface area contributed by atoms with Crippen molar-refractivity contribution < 1.29 is 9.32 Å². The van der Waals surface area contributed by atoms with Gasteiger partial charge in [0.15, 0.2) is 0 Å². The first-order valence-electron chi connectivity index (χ1n) is 7.81. The van der Waals surface area contributed by atoms with Gasteiger partial charge < -0.3 is 15.2 Å². The quantitative estimate of drug-likeness (QED) is 0.647. The Morgan fingerprint density at radius 2 is 2.12 bits per heavy atom. The van der Waals surface area contributed by atoms with Gasteiger partial charge in [-0.3, -0.25) is 4.79 Å². The predicted octanol–water partition coefficient (Wildman–Crippen LogP) is 4.47. The molecule has 0 saturated carbocycles. The summed E-state index contributed by atoms with van der Waals surface area (Å²) in [5, 5.41) is 6.94. The standard InChI is InChI=1S/C17H16Cl2N4O2S/c1-3-12(15(20)24)23(2)13-8-9(4-5-10(13)18)16-21-17(25-22-16)14-11(19)6-7-26-14/h4-8,12H,3H2,1-2H3,(H2,20,24). The van der Waals surface area contributed by atoms with Crippen molar-refractivity contribution in [2.45, 2.75) is 19.4 Å². The molecule has 0 aliphatic rings. The van der Waals surface area contributed by atoms with Crippen molar-refractivity contribution in [3.63, 3.8) is 0 Å². The third-order valence-electron chi connectivity index (χ3n) is 4.00. The zero-order chi connectivity index (χ0) is 18.8. The molecule has 1 amide bonds. The van der Waals surface area contributed by atoms with Gasteiger partial charge in [0.25, 0.3) is 5.89 Å². The van der Waals surface area contributed by atoms with Crippen LogP contribution in [0, 0.1) is 0 Å². The van der Waals surface area contributed by atoms with Crippen LogP contribution in [0.5, 0.6) is 0 Å². The fraction of sp³-hybridized carbons (Fsp3) is 0.235. The van der Waals surface area contributed by atoms with Crippen LogP contribution in [0.3, 0.4) is 0 Å². The summed E-state index contributed by atoms with van der Waals surface area (Å²) in [6.45, 7) is 1.89. The Kier molecular flexibility index (Phi) is 5.50. The molecule has 2 heterocycles. The lowest BCUT2D eigenvalue weighted by Gasteiger charge is -2.27. The first-order chi connectivity index (χ1) is 12.4. The van der Waals surface area contributed by atoms with Gasteiger partial charge in [-0.25, -0.2) is 0 Å². The summed E-state index contributed by atoms with van der Waals surface area (Å²) < 4.78 is 5.33. The third kappa shape index (κ3) is 3.56. The number of carbonyl (C=O) groups is 1. The minimum atomic E-state index is -0.464. The summed E-state index contributed by atoms with van der Waals surface area (Å²) >= 11 is 13.9. The van der Waals surface area contributed by atoms with Gasteiger partial charge in [0.2, 0.25) is 11.7 Å². The molecule has 6 nitrogen and oxygen atoms in total. The molecule has 0 aliphatic heterocycles. The SMILES string of the molecule is CCC(C(N)=O)N(C)c1cc(-c2noc(-c3sccc3Cl)n2)ccc1Cl. The molecule has 1 unspecified atom stereocenters. The van der Waals surface area contributed by atoms with E-state index in [1.165, 1.54) is 11.3 Å². The molecular formula is C17H16Cl2N4O2S. The number of hydrogen-bond donors (Lipinski definition) is 1. The van der Waals surface area contributed by atoms with E-state index in [0.717, 1.165) is 4.88 Å². The first kappa shape index (κ1) is 18.7. The van der Waals surface area contributed by atoms with Gasteiger partial charge in [-0.2, -0.15) is 4.98 Å². The molecule has 0 radical (unpaired) electrons. The number of carbonyl (C=O) groups excluding carboxylic acids is 1. The molecule has 1 aromatic carbocycles. The van der Waals surface area contributed by atoms with Gasteiger partial charge in [0.1, 0.15) is 10.9 Å². The molecule has 1 atom stereocenters. The van der Waals surface area contributed by atoms with E-state index in [0.29, 0.717) is 39.4 Å². The molecule has 0 fully saturated rings. The van der Waals surface area contributed by atoms with Crippen molar-refractivity contribution in [3.05, 3.63) is 39.7 Å². The van der Waals surface area contributed by atoms with Crippen molar-refractivity contribution in [2.75, 3.05) is 11.9 Å². The number of nitrogens with two attached hydrogens (primary N) is 1. The molecule has 136 valence electrons. The Bertz CT molecular complexity index is 940. The molecular weight excluding hydrogens is 395 g/mol. The third-order valence-corrected chi connectivity index (χ3v) is 5.65. The van der Waals surface area contributed by atoms with E-state index < -0.39 is 11.9 Å². The number of hydrogen-bond acceptors (Lipinski definition) is 6. The van der Waals surface area contributed by atoms with E-state index in [2.05, 4.69) is 10.1 Å². The van der Waals surface area contributed by atoms with Gasteiger partial charge in [0, 0.05) is 12.6 Å². The number of rotatable bonds is 6. The maximum Gasteiger partial charge on any atom is 0.269 e. The molecule has 9 heteroatoms. The summed E-state index contributed by atoms with van der Waals surface area (Å²) in [6.07, 6.45) is 0.565. The molecule has 26 heavy (non-hydrogen) atoms. The number of benzene rings is 1. The summed E-state index contributed by atoms with van der Waals surface area (Å²) in [6, 6.07) is 6.63. The van der Waals surface area contributed by atoms with E-state index in [4.69, 9.17) is 33.5 Å². The average molecular weight is 411 g/mol. The van der Waals surface area contributed by atoms with Crippen LogP contribution in [0.1, 0.15) is 13.3 Å². The molecule has 2 N–H and O–H groups in total. The summed E-state index contributed by atoms with van der Waals surface area (Å²) in [5.41, 5.74) is 6.85. The Morgan fingerprint density at radius 3 is 2.73 bits per heavy atom. The highest BCUT2D eigenvalue weighted by molar-refractivity contribution is 7.14. The zero-order valence-electron chi connectivity index (χ0n) is 14.1. The fourth-order valence-corrected chi connectivity index (χ4v) is 3.94. The molecule has 0 aliphatic carbocycles. The number of halogens is 2. The number of anilines is 1. The lowest BCUT2D eigenvalue weighted by atomic mass is 10.1. The van der Waals surface area contributed by atoms with Crippen LogP contribution in [0.4, 0.5) is 5.69 Å². The minimum absolute atomic E-state index is 0.355. The lowest BCUT2D eigenvalue weighted by molar-refractivity contribution is -0.119. The highest BCUT2D eigenvalue weighted by Gasteiger charge is 2.22. The summed E-state index contributed by atoms with van der Waals surface area (Å²) in [7, 11) is 1.77. The number of likely N-dealkylation sites (N-methyl/N-ethyl adjacent to an activating group) is 1. The fourth-order valence-electron chi connectivity index (χ4n) is 2.64. The largest absolute Gasteiger partial charge is 0.368 e. The second kappa shape index (κ2) is 7.65. The Hall–Kier alpha value is -2.09. The number of primary amides is 1. The van der Waals surface area contributed by atoms with E-state index in [1.807, 2.05) is 12.3 Å². The van der Waals surface area contributed by atoms with Crippen molar-refractivity contribution in [3.8, 4) is 22.2 Å². The van der Waals surface area contributed by atoms with Crippen molar-refractivity contribution in [2.24, 2.45) is 5.73 Å². The number of nitrogens with zero attached hydrogens (tertiary/aromatic N) is 3. The zero-order valence-corrected chi connectivity index (χ0v) is 16.4. The van der Waals surface area contributed by atoms with Crippen LogP contribution in [-0.2, 0) is 4.79 Å². The van der Waals surface area contributed by atoms with Crippen LogP contribution < -0.4 is 10.6 Å². The minimum Gasteiger partial charge on any atom is -0.368 e. The van der Waals surface area contributed by atoms with Gasteiger partial charge in [-0.05, 0) is 36.1 Å². The van der Waals surface area contributed by atoms with Crippen LogP contribution in [0.25, 0.3) is 22.2 Å². The monoisotopic (exact) mass is 410 g/mol. The van der Waals surface area contributed by atoms with E-state index in [9.17, 15) is 4.79 Å². The second-order valence-corrected chi connectivity index (χ2v) is 7.35. The molecule has 3 rings (SSSR count). The highest BCUT2D eigenvalue weighted by atomic mass is 35.5. The number of thiophene rings is 1.